The van der Waals surface area contributed by atoms with Gasteiger partial charge in [-0.3, -0.25) is 9.69 Å². The Hall–Kier alpha value is -3.02. The standard InChI is InChI=1S/C19H19N3O3/c1-19-15(17(23)20-12-8-4-3-5-9-12)16(21-18(24)22(19)2)13-10-6-7-11-14(13)25-19/h3-11,15-16H,1-2H3,(H,20,23)(H,21,24)/t15-,16+,19-/m0/s1. The Kier molecular flexibility index (Phi) is 3.42. The van der Waals surface area contributed by atoms with Crippen LogP contribution in [0.2, 0.25) is 0 Å². The number of rotatable bonds is 2. The van der Waals surface area contributed by atoms with Crippen molar-refractivity contribution in [1.29, 1.82) is 0 Å². The Morgan fingerprint density at radius 3 is 2.60 bits per heavy atom. The molecule has 1 fully saturated rings. The van der Waals surface area contributed by atoms with Gasteiger partial charge >= 0.3 is 6.03 Å². The summed E-state index contributed by atoms with van der Waals surface area (Å²) in [6.45, 7) is 1.78. The molecule has 2 aliphatic heterocycles. The van der Waals surface area contributed by atoms with Gasteiger partial charge in [0, 0.05) is 18.3 Å². The molecule has 6 nitrogen and oxygen atoms in total. The summed E-state index contributed by atoms with van der Waals surface area (Å²) in [7, 11) is 1.64. The first kappa shape index (κ1) is 15.5. The second kappa shape index (κ2) is 5.51. The fourth-order valence-corrected chi connectivity index (χ4v) is 3.61. The van der Waals surface area contributed by atoms with E-state index in [1.165, 1.54) is 4.90 Å². The molecule has 0 aliphatic carbocycles. The maximum atomic E-state index is 13.1. The van der Waals surface area contributed by atoms with Gasteiger partial charge in [0.25, 0.3) is 0 Å². The van der Waals surface area contributed by atoms with Gasteiger partial charge in [-0.2, -0.15) is 0 Å². The van der Waals surface area contributed by atoms with E-state index in [-0.39, 0.29) is 11.9 Å². The number of hydrogen-bond acceptors (Lipinski definition) is 3. The lowest BCUT2D eigenvalue weighted by molar-refractivity contribution is -0.150. The lowest BCUT2D eigenvalue weighted by atomic mass is 9.79. The molecule has 0 spiro atoms. The number of para-hydroxylation sites is 2. The predicted molar refractivity (Wildman–Crippen MR) is 93.1 cm³/mol. The number of amides is 3. The highest BCUT2D eigenvalue weighted by Gasteiger charge is 2.58. The van der Waals surface area contributed by atoms with Gasteiger partial charge in [-0.25, -0.2) is 4.79 Å². The second-order valence-corrected chi connectivity index (χ2v) is 6.51. The molecule has 128 valence electrons. The van der Waals surface area contributed by atoms with Crippen molar-refractivity contribution in [2.24, 2.45) is 5.92 Å². The highest BCUT2D eigenvalue weighted by atomic mass is 16.5. The molecule has 0 unspecified atom stereocenters. The average molecular weight is 337 g/mol. The number of anilines is 1. The van der Waals surface area contributed by atoms with Gasteiger partial charge in [-0.15, -0.1) is 0 Å². The molecule has 2 bridgehead atoms. The number of benzene rings is 2. The van der Waals surface area contributed by atoms with E-state index in [4.69, 9.17) is 4.74 Å². The number of nitrogens with one attached hydrogen (secondary N) is 2. The van der Waals surface area contributed by atoms with Crippen LogP contribution in [0.3, 0.4) is 0 Å². The van der Waals surface area contributed by atoms with Crippen molar-refractivity contribution in [3.05, 3.63) is 60.2 Å². The smallest absolute Gasteiger partial charge is 0.320 e. The summed E-state index contributed by atoms with van der Waals surface area (Å²) >= 11 is 0. The number of ether oxygens (including phenoxy) is 1. The molecule has 0 saturated carbocycles. The minimum absolute atomic E-state index is 0.194. The maximum absolute atomic E-state index is 13.1. The maximum Gasteiger partial charge on any atom is 0.320 e. The van der Waals surface area contributed by atoms with Gasteiger partial charge in [0.05, 0.1) is 6.04 Å². The molecule has 1 saturated heterocycles. The van der Waals surface area contributed by atoms with Crippen molar-refractivity contribution in [3.63, 3.8) is 0 Å². The van der Waals surface area contributed by atoms with Gasteiger partial charge in [0.15, 0.2) is 5.72 Å². The molecule has 2 aromatic rings. The van der Waals surface area contributed by atoms with E-state index < -0.39 is 17.7 Å². The van der Waals surface area contributed by atoms with Crippen LogP contribution in [-0.2, 0) is 4.79 Å². The SMILES string of the molecule is CN1C(=O)N[C@@H]2c3ccccc3O[C@@]1(C)[C@@H]2C(=O)Nc1ccccc1. The van der Waals surface area contributed by atoms with Crippen molar-refractivity contribution in [2.45, 2.75) is 18.7 Å². The van der Waals surface area contributed by atoms with Gasteiger partial charge in [0.1, 0.15) is 11.7 Å². The molecule has 2 N–H and O–H groups in total. The molecule has 2 heterocycles. The van der Waals surface area contributed by atoms with E-state index in [2.05, 4.69) is 10.6 Å². The van der Waals surface area contributed by atoms with Crippen LogP contribution in [0.15, 0.2) is 54.6 Å². The summed E-state index contributed by atoms with van der Waals surface area (Å²) in [6, 6.07) is 16.1. The number of nitrogens with zero attached hydrogens (tertiary/aromatic N) is 1. The summed E-state index contributed by atoms with van der Waals surface area (Å²) in [5.74, 6) is -0.101. The van der Waals surface area contributed by atoms with Crippen molar-refractivity contribution < 1.29 is 14.3 Å². The number of carbonyl (C=O) groups is 2. The van der Waals surface area contributed by atoms with E-state index >= 15 is 0 Å². The first-order valence-electron chi connectivity index (χ1n) is 8.19. The fourth-order valence-electron chi connectivity index (χ4n) is 3.61. The number of urea groups is 1. The van der Waals surface area contributed by atoms with Crippen LogP contribution in [0.25, 0.3) is 0 Å². The number of carbonyl (C=O) groups excluding carboxylic acids is 2. The van der Waals surface area contributed by atoms with Crippen LogP contribution in [0, 0.1) is 5.92 Å². The molecular formula is C19H19N3O3. The quantitative estimate of drug-likeness (QED) is 0.885. The van der Waals surface area contributed by atoms with Crippen LogP contribution in [-0.4, -0.2) is 29.6 Å². The molecule has 3 amide bonds. The summed E-state index contributed by atoms with van der Waals surface area (Å²) in [5.41, 5.74) is 0.455. The van der Waals surface area contributed by atoms with Crippen LogP contribution in [0.5, 0.6) is 5.75 Å². The molecule has 25 heavy (non-hydrogen) atoms. The zero-order chi connectivity index (χ0) is 17.6. The molecule has 2 aliphatic rings. The van der Waals surface area contributed by atoms with Crippen LogP contribution >= 0.6 is 0 Å². The summed E-state index contributed by atoms with van der Waals surface area (Å²) in [5, 5.41) is 5.88. The Bertz CT molecular complexity index is 839. The van der Waals surface area contributed by atoms with Gasteiger partial charge < -0.3 is 15.4 Å². The molecule has 0 aromatic heterocycles. The van der Waals surface area contributed by atoms with Crippen molar-refractivity contribution in [1.82, 2.24) is 10.2 Å². The van der Waals surface area contributed by atoms with Crippen molar-refractivity contribution in [3.8, 4) is 5.75 Å². The van der Waals surface area contributed by atoms with Crippen LogP contribution in [0.1, 0.15) is 18.5 Å². The predicted octanol–water partition coefficient (Wildman–Crippen LogP) is 2.75. The average Bonchev–Trinajstić information content (AvgIpc) is 2.60. The summed E-state index contributed by atoms with van der Waals surface area (Å²) in [4.78, 5) is 26.9. The molecule has 6 heteroatoms. The Balaban J connectivity index is 1.76. The lowest BCUT2D eigenvalue weighted by Crippen LogP contribution is -2.70. The third-order valence-corrected chi connectivity index (χ3v) is 5.05. The Morgan fingerprint density at radius 2 is 1.84 bits per heavy atom. The normalized spacial score (nSPS) is 27.0. The Labute approximate surface area is 145 Å². The number of fused-ring (bicyclic) bond motifs is 4. The first-order valence-corrected chi connectivity index (χ1v) is 8.19. The first-order chi connectivity index (χ1) is 12.0. The van der Waals surface area contributed by atoms with E-state index in [9.17, 15) is 9.59 Å². The van der Waals surface area contributed by atoms with E-state index in [1.54, 1.807) is 14.0 Å². The van der Waals surface area contributed by atoms with E-state index in [1.807, 2.05) is 54.6 Å². The van der Waals surface area contributed by atoms with Crippen LogP contribution < -0.4 is 15.4 Å². The van der Waals surface area contributed by atoms with Crippen molar-refractivity contribution in [2.75, 3.05) is 12.4 Å². The fraction of sp³-hybridized carbons (Fsp3) is 0.263. The summed E-state index contributed by atoms with van der Waals surface area (Å²) < 4.78 is 6.15. The highest BCUT2D eigenvalue weighted by Crippen LogP contribution is 2.47. The minimum Gasteiger partial charge on any atom is -0.467 e. The minimum atomic E-state index is -1.07. The topological polar surface area (TPSA) is 70.7 Å². The zero-order valence-electron chi connectivity index (χ0n) is 14.0. The zero-order valence-corrected chi connectivity index (χ0v) is 14.0. The molecular weight excluding hydrogens is 318 g/mol. The third-order valence-electron chi connectivity index (χ3n) is 5.05. The van der Waals surface area contributed by atoms with E-state index in [0.29, 0.717) is 11.4 Å². The lowest BCUT2D eigenvalue weighted by Gasteiger charge is -2.53. The second-order valence-electron chi connectivity index (χ2n) is 6.51. The largest absolute Gasteiger partial charge is 0.467 e. The molecule has 4 rings (SSSR count). The summed E-state index contributed by atoms with van der Waals surface area (Å²) in [6.07, 6.45) is 0. The van der Waals surface area contributed by atoms with Crippen LogP contribution in [0.4, 0.5) is 10.5 Å². The van der Waals surface area contributed by atoms with Gasteiger partial charge in [-0.1, -0.05) is 36.4 Å². The third kappa shape index (κ3) is 2.33. The van der Waals surface area contributed by atoms with Gasteiger partial charge in [0.2, 0.25) is 5.91 Å². The van der Waals surface area contributed by atoms with E-state index in [0.717, 1.165) is 5.56 Å². The molecule has 2 aromatic carbocycles. The monoisotopic (exact) mass is 337 g/mol. The van der Waals surface area contributed by atoms with Gasteiger partial charge in [-0.05, 0) is 25.1 Å². The molecule has 3 atom stereocenters. The Morgan fingerprint density at radius 1 is 1.16 bits per heavy atom. The highest BCUT2D eigenvalue weighted by molar-refractivity contribution is 5.96. The molecule has 0 radical (unpaired) electrons. The number of hydrogen-bond donors (Lipinski definition) is 2. The van der Waals surface area contributed by atoms with Crippen molar-refractivity contribution >= 4 is 17.6 Å².